The van der Waals surface area contributed by atoms with Crippen LogP contribution in [0.1, 0.15) is 64.2 Å². The molecule has 3 aromatic rings. The number of amides is 2. The van der Waals surface area contributed by atoms with Gasteiger partial charge >= 0.3 is 0 Å². The Bertz CT molecular complexity index is 1480. The Morgan fingerprint density at radius 2 is 1.55 bits per heavy atom. The molecule has 0 aromatic heterocycles. The van der Waals surface area contributed by atoms with Gasteiger partial charge in [-0.25, -0.2) is 8.42 Å². The van der Waals surface area contributed by atoms with E-state index in [0.717, 1.165) is 21.0 Å². The SMILES string of the molecule is COc1cccc(CN(C(=O)CN(c2ccc(C(C)C)cc2)S(=O)(=O)c2ccc(C)cc2)C(C)C(=O)NC(C)(C)C)c1. The fourth-order valence-corrected chi connectivity index (χ4v) is 5.83. The topological polar surface area (TPSA) is 96.0 Å². The number of nitrogens with one attached hydrogen (secondary N) is 1. The second-order valence-corrected chi connectivity index (χ2v) is 13.7. The average Bonchev–Trinajstić information content (AvgIpc) is 2.93. The average molecular weight is 594 g/mol. The van der Waals surface area contributed by atoms with E-state index in [4.69, 9.17) is 4.74 Å². The highest BCUT2D eigenvalue weighted by Crippen LogP contribution is 2.27. The highest BCUT2D eigenvalue weighted by Gasteiger charge is 2.33. The maximum atomic E-state index is 14.1. The number of hydrogen-bond donors (Lipinski definition) is 1. The van der Waals surface area contributed by atoms with Crippen LogP contribution >= 0.6 is 0 Å². The summed E-state index contributed by atoms with van der Waals surface area (Å²) < 4.78 is 34.5. The molecule has 0 aliphatic carbocycles. The molecular weight excluding hydrogens is 550 g/mol. The van der Waals surface area contributed by atoms with Gasteiger partial charge in [0.05, 0.1) is 17.7 Å². The Hall–Kier alpha value is -3.85. The Labute approximate surface area is 250 Å². The van der Waals surface area contributed by atoms with Crippen LogP contribution in [0.5, 0.6) is 5.75 Å². The van der Waals surface area contributed by atoms with E-state index >= 15 is 0 Å². The van der Waals surface area contributed by atoms with Crippen molar-refractivity contribution in [1.82, 2.24) is 10.2 Å². The van der Waals surface area contributed by atoms with Crippen molar-refractivity contribution in [2.75, 3.05) is 18.0 Å². The monoisotopic (exact) mass is 593 g/mol. The summed E-state index contributed by atoms with van der Waals surface area (Å²) in [6.45, 7) is 12.8. The molecule has 3 rings (SSSR count). The molecule has 1 atom stereocenters. The third-order valence-electron chi connectivity index (χ3n) is 6.89. The van der Waals surface area contributed by atoms with E-state index in [9.17, 15) is 18.0 Å². The molecule has 2 amide bonds. The molecule has 42 heavy (non-hydrogen) atoms. The number of rotatable bonds is 11. The number of benzene rings is 3. The summed E-state index contributed by atoms with van der Waals surface area (Å²) in [6.07, 6.45) is 0. The molecule has 1 unspecified atom stereocenters. The number of nitrogens with zero attached hydrogens (tertiary/aromatic N) is 2. The van der Waals surface area contributed by atoms with Crippen LogP contribution in [0.2, 0.25) is 0 Å². The Balaban J connectivity index is 2.06. The molecule has 0 spiro atoms. The molecule has 0 fully saturated rings. The van der Waals surface area contributed by atoms with E-state index in [-0.39, 0.29) is 23.3 Å². The van der Waals surface area contributed by atoms with Gasteiger partial charge < -0.3 is 15.0 Å². The van der Waals surface area contributed by atoms with Crippen LogP contribution in [0.15, 0.2) is 77.7 Å². The largest absolute Gasteiger partial charge is 0.497 e. The molecule has 0 radical (unpaired) electrons. The molecule has 3 aromatic carbocycles. The van der Waals surface area contributed by atoms with Gasteiger partial charge in [0, 0.05) is 12.1 Å². The van der Waals surface area contributed by atoms with Crippen LogP contribution in [0.4, 0.5) is 5.69 Å². The minimum absolute atomic E-state index is 0.0757. The lowest BCUT2D eigenvalue weighted by Gasteiger charge is -2.33. The number of ether oxygens (including phenoxy) is 1. The molecule has 0 saturated carbocycles. The van der Waals surface area contributed by atoms with E-state index < -0.39 is 34.1 Å². The molecule has 0 saturated heterocycles. The summed E-state index contributed by atoms with van der Waals surface area (Å²) >= 11 is 0. The zero-order valence-corrected chi connectivity index (χ0v) is 26.7. The van der Waals surface area contributed by atoms with Crippen molar-refractivity contribution in [2.24, 2.45) is 0 Å². The van der Waals surface area contributed by atoms with E-state index in [0.29, 0.717) is 11.4 Å². The lowest BCUT2D eigenvalue weighted by Crippen LogP contribution is -2.54. The van der Waals surface area contributed by atoms with Crippen molar-refractivity contribution in [2.45, 2.75) is 77.4 Å². The molecule has 8 nitrogen and oxygen atoms in total. The molecule has 0 aliphatic rings. The Morgan fingerprint density at radius 1 is 0.929 bits per heavy atom. The van der Waals surface area contributed by atoms with Gasteiger partial charge in [-0.2, -0.15) is 0 Å². The van der Waals surface area contributed by atoms with E-state index in [1.54, 1.807) is 56.5 Å². The highest BCUT2D eigenvalue weighted by molar-refractivity contribution is 7.92. The van der Waals surface area contributed by atoms with Gasteiger partial charge in [0.25, 0.3) is 10.0 Å². The Morgan fingerprint density at radius 3 is 2.10 bits per heavy atom. The first-order chi connectivity index (χ1) is 19.6. The fraction of sp³-hybridized carbons (Fsp3) is 0.394. The number of carbonyl (C=O) groups excluding carboxylic acids is 2. The standard InChI is InChI=1S/C33H43N3O5S/c1-23(2)27-14-16-28(17-15-27)36(42(39,40)30-18-12-24(3)13-19-30)22-31(37)35(25(4)32(38)34-33(5,6)7)21-26-10-9-11-29(20-26)41-8/h9-20,23,25H,21-22H2,1-8H3,(H,34,38). The summed E-state index contributed by atoms with van der Waals surface area (Å²) in [6, 6.07) is 20.1. The molecule has 9 heteroatoms. The van der Waals surface area contributed by atoms with Crippen LogP contribution < -0.4 is 14.4 Å². The van der Waals surface area contributed by atoms with Crippen LogP contribution in [0.25, 0.3) is 0 Å². The zero-order chi connectivity index (χ0) is 31.2. The smallest absolute Gasteiger partial charge is 0.264 e. The number of hydrogen-bond acceptors (Lipinski definition) is 5. The van der Waals surface area contributed by atoms with Gasteiger partial charge in [0.2, 0.25) is 11.8 Å². The summed E-state index contributed by atoms with van der Waals surface area (Å²) in [4.78, 5) is 28.9. The number of anilines is 1. The lowest BCUT2D eigenvalue weighted by atomic mass is 10.0. The van der Waals surface area contributed by atoms with Gasteiger partial charge in [0.15, 0.2) is 0 Å². The molecule has 0 bridgehead atoms. The van der Waals surface area contributed by atoms with Crippen molar-refractivity contribution in [3.05, 3.63) is 89.5 Å². The van der Waals surface area contributed by atoms with Gasteiger partial charge in [-0.1, -0.05) is 55.8 Å². The maximum absolute atomic E-state index is 14.1. The van der Waals surface area contributed by atoms with Crippen molar-refractivity contribution in [3.63, 3.8) is 0 Å². The van der Waals surface area contributed by atoms with Gasteiger partial charge in [-0.3, -0.25) is 13.9 Å². The number of methoxy groups -OCH3 is 1. The predicted molar refractivity (Wildman–Crippen MR) is 167 cm³/mol. The van der Waals surface area contributed by atoms with Crippen LogP contribution in [-0.2, 0) is 26.2 Å². The van der Waals surface area contributed by atoms with Crippen LogP contribution in [0, 0.1) is 6.92 Å². The fourth-order valence-electron chi connectivity index (χ4n) is 4.42. The number of aryl methyl sites for hydroxylation is 1. The zero-order valence-electron chi connectivity index (χ0n) is 25.8. The molecule has 226 valence electrons. The number of sulfonamides is 1. The summed E-state index contributed by atoms with van der Waals surface area (Å²) in [7, 11) is -2.57. The van der Waals surface area contributed by atoms with Gasteiger partial charge in [-0.15, -0.1) is 0 Å². The quantitative estimate of drug-likeness (QED) is 0.310. The summed E-state index contributed by atoms with van der Waals surface area (Å²) in [5.74, 6) is 0.00913. The molecular formula is C33H43N3O5S. The molecule has 1 N–H and O–H groups in total. The van der Waals surface area contributed by atoms with Crippen molar-refractivity contribution in [3.8, 4) is 5.75 Å². The molecule has 0 aliphatic heterocycles. The summed E-state index contributed by atoms with van der Waals surface area (Å²) in [5, 5.41) is 2.94. The van der Waals surface area contributed by atoms with Crippen LogP contribution in [-0.4, -0.2) is 50.4 Å². The lowest BCUT2D eigenvalue weighted by molar-refractivity contribution is -0.140. The minimum atomic E-state index is -4.13. The second kappa shape index (κ2) is 13.4. The van der Waals surface area contributed by atoms with Crippen molar-refractivity contribution in [1.29, 1.82) is 0 Å². The van der Waals surface area contributed by atoms with Crippen LogP contribution in [0.3, 0.4) is 0 Å². The van der Waals surface area contributed by atoms with E-state index in [1.807, 2.05) is 45.9 Å². The first kappa shape index (κ1) is 32.7. The third kappa shape index (κ3) is 8.35. The highest BCUT2D eigenvalue weighted by atomic mass is 32.2. The third-order valence-corrected chi connectivity index (χ3v) is 8.68. The van der Waals surface area contributed by atoms with Gasteiger partial charge in [-0.05, 0) is 88.1 Å². The predicted octanol–water partition coefficient (Wildman–Crippen LogP) is 5.65. The van der Waals surface area contributed by atoms with Crippen molar-refractivity contribution < 1.29 is 22.7 Å². The van der Waals surface area contributed by atoms with Gasteiger partial charge in [0.1, 0.15) is 18.3 Å². The maximum Gasteiger partial charge on any atom is 0.264 e. The van der Waals surface area contributed by atoms with Crippen molar-refractivity contribution >= 4 is 27.5 Å². The van der Waals surface area contributed by atoms with E-state index in [2.05, 4.69) is 19.2 Å². The first-order valence-electron chi connectivity index (χ1n) is 14.1. The van der Waals surface area contributed by atoms with E-state index in [1.165, 1.54) is 17.0 Å². The molecule has 0 heterocycles. The number of carbonyl (C=O) groups is 2. The first-order valence-corrected chi connectivity index (χ1v) is 15.5. The minimum Gasteiger partial charge on any atom is -0.497 e. The second-order valence-electron chi connectivity index (χ2n) is 11.9. The summed E-state index contributed by atoms with van der Waals surface area (Å²) in [5.41, 5.74) is 2.55. The normalized spacial score (nSPS) is 12.5. The Kier molecular flexibility index (Phi) is 10.4.